The van der Waals surface area contributed by atoms with Crippen LogP contribution in [0, 0.1) is 0 Å². The molecule has 8 heteroatoms. The Labute approximate surface area is 167 Å². The number of anilines is 1. The summed E-state index contributed by atoms with van der Waals surface area (Å²) in [7, 11) is 4.89. The van der Waals surface area contributed by atoms with E-state index in [9.17, 15) is 4.79 Å². The summed E-state index contributed by atoms with van der Waals surface area (Å²) in [6, 6.07) is 5.82. The van der Waals surface area contributed by atoms with Crippen molar-refractivity contribution >= 4 is 17.7 Å². The number of hydrogen-bond donors (Lipinski definition) is 2. The minimum absolute atomic E-state index is 0.264. The van der Waals surface area contributed by atoms with Crippen LogP contribution in [-0.2, 0) is 4.74 Å². The second-order valence-corrected chi connectivity index (χ2v) is 7.60. The second-order valence-electron chi connectivity index (χ2n) is 7.60. The van der Waals surface area contributed by atoms with E-state index in [0.717, 1.165) is 18.5 Å². The van der Waals surface area contributed by atoms with Crippen molar-refractivity contribution < 1.29 is 19.0 Å². The highest BCUT2D eigenvalue weighted by Crippen LogP contribution is 2.30. The zero-order valence-corrected chi connectivity index (χ0v) is 17.7. The molecule has 1 aromatic carbocycles. The van der Waals surface area contributed by atoms with E-state index in [1.54, 1.807) is 26.2 Å². The van der Waals surface area contributed by atoms with Gasteiger partial charge in [0.25, 0.3) is 0 Å². The van der Waals surface area contributed by atoms with Crippen molar-refractivity contribution in [2.24, 2.45) is 4.99 Å². The van der Waals surface area contributed by atoms with Crippen molar-refractivity contribution in [3.05, 3.63) is 18.2 Å². The lowest BCUT2D eigenvalue weighted by Gasteiger charge is -2.27. The number of ether oxygens (including phenoxy) is 3. The minimum atomic E-state index is -0.497. The average Bonchev–Trinajstić information content (AvgIpc) is 3.47. The molecule has 0 heterocycles. The first-order valence-corrected chi connectivity index (χ1v) is 9.46. The van der Waals surface area contributed by atoms with E-state index in [-0.39, 0.29) is 12.1 Å². The standard InChI is InChI=1S/C20H32N4O4/c1-20(2,3)28-19(25)24(15-8-9-15)12-11-22-18(21-4)23-14-7-10-16(26-5)17(13-14)27-6/h7,10,13,15H,8-9,11-12H2,1-6H3,(H2,21,22,23). The number of hydrogen-bond acceptors (Lipinski definition) is 5. The predicted molar refractivity (Wildman–Crippen MR) is 110 cm³/mol. The number of rotatable bonds is 7. The number of nitrogens with zero attached hydrogens (tertiary/aromatic N) is 2. The molecule has 1 amide bonds. The summed E-state index contributed by atoms with van der Waals surface area (Å²) in [4.78, 5) is 18.4. The maximum absolute atomic E-state index is 12.4. The van der Waals surface area contributed by atoms with Crippen molar-refractivity contribution in [2.45, 2.75) is 45.3 Å². The van der Waals surface area contributed by atoms with Crippen LogP contribution >= 0.6 is 0 Å². The number of aliphatic imine (C=N–C) groups is 1. The summed E-state index contributed by atoms with van der Waals surface area (Å²) < 4.78 is 16.1. The minimum Gasteiger partial charge on any atom is -0.493 e. The van der Waals surface area contributed by atoms with Crippen LogP contribution in [0.3, 0.4) is 0 Å². The number of nitrogens with one attached hydrogen (secondary N) is 2. The van der Waals surface area contributed by atoms with E-state index in [1.165, 1.54) is 0 Å². The maximum Gasteiger partial charge on any atom is 0.410 e. The van der Waals surface area contributed by atoms with Gasteiger partial charge in [0.15, 0.2) is 17.5 Å². The third-order valence-electron chi connectivity index (χ3n) is 4.13. The largest absolute Gasteiger partial charge is 0.493 e. The first-order valence-electron chi connectivity index (χ1n) is 9.46. The Hall–Kier alpha value is -2.64. The predicted octanol–water partition coefficient (Wildman–Crippen LogP) is 3.09. The fourth-order valence-corrected chi connectivity index (χ4v) is 2.65. The summed E-state index contributed by atoms with van der Waals surface area (Å²) in [6.07, 6.45) is 1.79. The molecule has 0 aromatic heterocycles. The van der Waals surface area contributed by atoms with Gasteiger partial charge in [-0.15, -0.1) is 0 Å². The van der Waals surface area contributed by atoms with Crippen LogP contribution in [-0.4, -0.2) is 63.0 Å². The number of methoxy groups -OCH3 is 2. The molecule has 1 fully saturated rings. The number of benzene rings is 1. The van der Waals surface area contributed by atoms with Crippen molar-refractivity contribution in [1.82, 2.24) is 10.2 Å². The van der Waals surface area contributed by atoms with Crippen LogP contribution in [0.4, 0.5) is 10.5 Å². The van der Waals surface area contributed by atoms with Crippen LogP contribution in [0.2, 0.25) is 0 Å². The average molecular weight is 393 g/mol. The first-order chi connectivity index (χ1) is 13.3. The Morgan fingerprint density at radius 2 is 1.89 bits per heavy atom. The lowest BCUT2D eigenvalue weighted by Crippen LogP contribution is -2.43. The highest BCUT2D eigenvalue weighted by Gasteiger charge is 2.34. The van der Waals surface area contributed by atoms with Gasteiger partial charge in [0.2, 0.25) is 0 Å². The highest BCUT2D eigenvalue weighted by molar-refractivity contribution is 5.93. The fourth-order valence-electron chi connectivity index (χ4n) is 2.65. The zero-order chi connectivity index (χ0) is 20.7. The van der Waals surface area contributed by atoms with Gasteiger partial charge in [-0.2, -0.15) is 0 Å². The van der Waals surface area contributed by atoms with Gasteiger partial charge in [-0.05, 0) is 45.7 Å². The smallest absolute Gasteiger partial charge is 0.410 e. The molecule has 2 rings (SSSR count). The topological polar surface area (TPSA) is 84.4 Å². The van der Waals surface area contributed by atoms with Gasteiger partial charge in [-0.3, -0.25) is 4.99 Å². The highest BCUT2D eigenvalue weighted by atomic mass is 16.6. The Balaban J connectivity index is 1.90. The Bertz CT molecular complexity index is 696. The summed E-state index contributed by atoms with van der Waals surface area (Å²) in [5.74, 6) is 1.90. The van der Waals surface area contributed by atoms with Gasteiger partial charge in [0, 0.05) is 37.9 Å². The summed E-state index contributed by atoms with van der Waals surface area (Å²) in [5.41, 5.74) is 0.319. The Morgan fingerprint density at radius 1 is 1.21 bits per heavy atom. The molecule has 0 atom stereocenters. The van der Waals surface area contributed by atoms with Crippen LogP contribution in [0.5, 0.6) is 11.5 Å². The van der Waals surface area contributed by atoms with E-state index >= 15 is 0 Å². The summed E-state index contributed by atoms with van der Waals surface area (Å²) in [6.45, 7) is 6.74. The number of carbonyl (C=O) groups is 1. The molecule has 0 spiro atoms. The molecule has 2 N–H and O–H groups in total. The van der Waals surface area contributed by atoms with Crippen molar-refractivity contribution in [2.75, 3.05) is 39.7 Å². The molecule has 8 nitrogen and oxygen atoms in total. The number of carbonyl (C=O) groups excluding carboxylic acids is 1. The van der Waals surface area contributed by atoms with Crippen molar-refractivity contribution in [1.29, 1.82) is 0 Å². The molecular formula is C20H32N4O4. The van der Waals surface area contributed by atoms with Crippen LogP contribution in [0.1, 0.15) is 33.6 Å². The van der Waals surface area contributed by atoms with Crippen LogP contribution < -0.4 is 20.1 Å². The first kappa shape index (κ1) is 21.7. The van der Waals surface area contributed by atoms with Gasteiger partial charge in [0.05, 0.1) is 14.2 Å². The molecule has 1 saturated carbocycles. The summed E-state index contributed by atoms with van der Waals surface area (Å²) in [5, 5.41) is 6.44. The van der Waals surface area contributed by atoms with Crippen LogP contribution in [0.25, 0.3) is 0 Å². The molecule has 1 aliphatic carbocycles. The third-order valence-corrected chi connectivity index (χ3v) is 4.13. The molecule has 156 valence electrons. The van der Waals surface area contributed by atoms with Gasteiger partial charge >= 0.3 is 6.09 Å². The molecule has 28 heavy (non-hydrogen) atoms. The fraction of sp³-hybridized carbons (Fsp3) is 0.600. The molecule has 0 saturated heterocycles. The maximum atomic E-state index is 12.4. The zero-order valence-electron chi connectivity index (χ0n) is 17.7. The van der Waals surface area contributed by atoms with Crippen molar-refractivity contribution in [3.8, 4) is 11.5 Å². The van der Waals surface area contributed by atoms with Gasteiger partial charge in [-0.25, -0.2) is 4.79 Å². The van der Waals surface area contributed by atoms with E-state index in [2.05, 4.69) is 15.6 Å². The SMILES string of the molecule is CN=C(NCCN(C(=O)OC(C)(C)C)C1CC1)Nc1ccc(OC)c(OC)c1. The lowest BCUT2D eigenvalue weighted by molar-refractivity contribution is 0.0238. The quantitative estimate of drug-likeness (QED) is 0.548. The third kappa shape index (κ3) is 6.51. The molecule has 0 aliphatic heterocycles. The Morgan fingerprint density at radius 3 is 2.43 bits per heavy atom. The molecular weight excluding hydrogens is 360 g/mol. The van der Waals surface area contributed by atoms with Gasteiger partial charge < -0.3 is 29.7 Å². The molecule has 0 radical (unpaired) electrons. The molecule has 1 aromatic rings. The van der Waals surface area contributed by atoms with E-state index in [0.29, 0.717) is 30.5 Å². The monoisotopic (exact) mass is 392 g/mol. The number of amides is 1. The van der Waals surface area contributed by atoms with Gasteiger partial charge in [0.1, 0.15) is 5.60 Å². The number of guanidine groups is 1. The van der Waals surface area contributed by atoms with E-state index < -0.39 is 5.60 Å². The van der Waals surface area contributed by atoms with Crippen molar-refractivity contribution in [3.63, 3.8) is 0 Å². The van der Waals surface area contributed by atoms with E-state index in [4.69, 9.17) is 14.2 Å². The lowest BCUT2D eigenvalue weighted by atomic mass is 10.2. The van der Waals surface area contributed by atoms with E-state index in [1.807, 2.05) is 39.0 Å². The second kappa shape index (κ2) is 9.52. The molecule has 0 bridgehead atoms. The molecule has 1 aliphatic rings. The van der Waals surface area contributed by atoms with Crippen LogP contribution in [0.15, 0.2) is 23.2 Å². The van der Waals surface area contributed by atoms with Gasteiger partial charge in [-0.1, -0.05) is 0 Å². The Kier molecular flexibility index (Phi) is 7.37. The summed E-state index contributed by atoms with van der Waals surface area (Å²) >= 11 is 0. The molecule has 0 unspecified atom stereocenters. The normalized spacial score (nSPS) is 14.3.